The average Bonchev–Trinajstić information content (AvgIpc) is 2.78. The summed E-state index contributed by atoms with van der Waals surface area (Å²) in [6.45, 7) is -1.51. The summed E-state index contributed by atoms with van der Waals surface area (Å²) in [5.41, 5.74) is 0.0700. The highest BCUT2D eigenvalue weighted by atomic mass is 19.4. The highest BCUT2D eigenvalue weighted by Gasteiger charge is 2.31. The molecule has 0 spiro atoms. The van der Waals surface area contributed by atoms with Crippen molar-refractivity contribution in [2.45, 2.75) is 44.3 Å². The van der Waals surface area contributed by atoms with Crippen LogP contribution in [0.4, 0.5) is 13.2 Å². The fourth-order valence-corrected chi connectivity index (χ4v) is 2.81. The van der Waals surface area contributed by atoms with Gasteiger partial charge in [0.2, 0.25) is 5.88 Å². The third-order valence-electron chi connectivity index (χ3n) is 4.03. The molecular formula is C16H19F3N2O4. The molecule has 1 aromatic rings. The van der Waals surface area contributed by atoms with Gasteiger partial charge in [-0.3, -0.25) is 9.59 Å². The smallest absolute Gasteiger partial charge is 0.422 e. The molecule has 6 nitrogen and oxygen atoms in total. The van der Waals surface area contributed by atoms with Crippen LogP contribution in [-0.4, -0.2) is 40.8 Å². The Kier molecular flexibility index (Phi) is 6.22. The zero-order valence-corrected chi connectivity index (χ0v) is 13.4. The largest absolute Gasteiger partial charge is 0.481 e. The van der Waals surface area contributed by atoms with Gasteiger partial charge in [-0.15, -0.1) is 0 Å². The quantitative estimate of drug-likeness (QED) is 0.789. The van der Waals surface area contributed by atoms with Crippen LogP contribution in [0.2, 0.25) is 0 Å². The lowest BCUT2D eigenvalue weighted by atomic mass is 9.94. The van der Waals surface area contributed by atoms with Gasteiger partial charge in [0.05, 0.1) is 5.92 Å². The number of carboxylic acids is 1. The van der Waals surface area contributed by atoms with Crippen LogP contribution in [0.25, 0.3) is 0 Å². The van der Waals surface area contributed by atoms with E-state index in [9.17, 15) is 27.9 Å². The maximum atomic E-state index is 12.3. The Labute approximate surface area is 142 Å². The molecule has 0 bridgehead atoms. The molecule has 1 heterocycles. The van der Waals surface area contributed by atoms with Gasteiger partial charge in [-0.2, -0.15) is 13.2 Å². The molecule has 0 saturated heterocycles. The number of hydrogen-bond donors (Lipinski definition) is 2. The van der Waals surface area contributed by atoms with Gasteiger partial charge >= 0.3 is 12.1 Å². The number of pyridine rings is 1. The lowest BCUT2D eigenvalue weighted by Gasteiger charge is -2.23. The minimum atomic E-state index is -4.50. The van der Waals surface area contributed by atoms with E-state index in [-0.39, 0.29) is 11.4 Å². The predicted octanol–water partition coefficient (Wildman–Crippen LogP) is 2.79. The minimum absolute atomic E-state index is 0.0700. The molecule has 2 N–H and O–H groups in total. The van der Waals surface area contributed by atoms with E-state index in [1.807, 2.05) is 0 Å². The van der Waals surface area contributed by atoms with E-state index >= 15 is 0 Å². The fraction of sp³-hybridized carbons (Fsp3) is 0.562. The summed E-state index contributed by atoms with van der Waals surface area (Å²) in [4.78, 5) is 27.4. The number of carbonyl (C=O) groups is 2. The molecule has 0 unspecified atom stereocenters. The summed E-state index contributed by atoms with van der Waals surface area (Å²) in [5, 5.41) is 12.0. The first-order valence-corrected chi connectivity index (χ1v) is 7.95. The van der Waals surface area contributed by atoms with Gasteiger partial charge in [-0.1, -0.05) is 19.3 Å². The SMILES string of the molecule is O=C(N[C@H]1CCCCC[C@H]1C(=O)O)c1ccnc(OCC(F)(F)F)c1. The van der Waals surface area contributed by atoms with Gasteiger partial charge in [-0.05, 0) is 18.9 Å². The number of ether oxygens (including phenoxy) is 1. The third-order valence-corrected chi connectivity index (χ3v) is 4.03. The van der Waals surface area contributed by atoms with E-state index in [0.717, 1.165) is 25.3 Å². The number of rotatable bonds is 5. The number of aliphatic carboxylic acids is 1. The van der Waals surface area contributed by atoms with Gasteiger partial charge in [0.25, 0.3) is 5.91 Å². The van der Waals surface area contributed by atoms with Crippen molar-refractivity contribution in [1.82, 2.24) is 10.3 Å². The number of nitrogens with one attached hydrogen (secondary N) is 1. The monoisotopic (exact) mass is 360 g/mol. The number of carbonyl (C=O) groups excluding carboxylic acids is 1. The predicted molar refractivity (Wildman–Crippen MR) is 81.3 cm³/mol. The van der Waals surface area contributed by atoms with Crippen molar-refractivity contribution < 1.29 is 32.6 Å². The van der Waals surface area contributed by atoms with Gasteiger partial charge < -0.3 is 15.2 Å². The van der Waals surface area contributed by atoms with Crippen LogP contribution in [0, 0.1) is 5.92 Å². The van der Waals surface area contributed by atoms with Crippen LogP contribution >= 0.6 is 0 Å². The fourth-order valence-electron chi connectivity index (χ4n) is 2.81. The summed E-state index contributed by atoms with van der Waals surface area (Å²) in [7, 11) is 0. The first kappa shape index (κ1) is 19.0. The van der Waals surface area contributed by atoms with E-state index in [1.165, 1.54) is 12.3 Å². The van der Waals surface area contributed by atoms with E-state index < -0.39 is 36.6 Å². The van der Waals surface area contributed by atoms with Gasteiger partial charge in [0.1, 0.15) is 0 Å². The number of carboxylic acid groups (broad SMARTS) is 1. The zero-order chi connectivity index (χ0) is 18.4. The molecule has 138 valence electrons. The Morgan fingerprint density at radius 1 is 1.28 bits per heavy atom. The zero-order valence-electron chi connectivity index (χ0n) is 13.4. The van der Waals surface area contributed by atoms with Crippen LogP contribution < -0.4 is 10.1 Å². The van der Waals surface area contributed by atoms with Gasteiger partial charge in [0.15, 0.2) is 6.61 Å². The molecular weight excluding hydrogens is 341 g/mol. The number of aromatic nitrogens is 1. The molecule has 0 aliphatic heterocycles. The Hall–Kier alpha value is -2.32. The standard InChI is InChI=1S/C16H19F3N2O4/c17-16(18,19)9-25-13-8-10(6-7-20-13)14(22)21-12-5-3-1-2-4-11(12)15(23)24/h6-8,11-12H,1-5,9H2,(H,21,22)(H,23,24)/t11-,12+/m1/s1. The van der Waals surface area contributed by atoms with Crippen molar-refractivity contribution in [2.75, 3.05) is 6.61 Å². The molecule has 1 amide bonds. The number of hydrogen-bond acceptors (Lipinski definition) is 4. The van der Waals surface area contributed by atoms with Crippen LogP contribution in [-0.2, 0) is 4.79 Å². The normalized spacial score (nSPS) is 21.2. The molecule has 1 aliphatic carbocycles. The molecule has 25 heavy (non-hydrogen) atoms. The first-order valence-electron chi connectivity index (χ1n) is 7.95. The van der Waals surface area contributed by atoms with Crippen LogP contribution in [0.3, 0.4) is 0 Å². The molecule has 1 saturated carbocycles. The Morgan fingerprint density at radius 2 is 2.00 bits per heavy atom. The average molecular weight is 360 g/mol. The molecule has 1 aromatic heterocycles. The van der Waals surface area contributed by atoms with Gasteiger partial charge in [0, 0.05) is 23.9 Å². The lowest BCUT2D eigenvalue weighted by Crippen LogP contribution is -2.42. The van der Waals surface area contributed by atoms with Crippen molar-refractivity contribution in [2.24, 2.45) is 5.92 Å². The Morgan fingerprint density at radius 3 is 2.68 bits per heavy atom. The Balaban J connectivity index is 2.05. The topological polar surface area (TPSA) is 88.5 Å². The van der Waals surface area contributed by atoms with E-state index in [0.29, 0.717) is 12.8 Å². The van der Waals surface area contributed by atoms with E-state index in [4.69, 9.17) is 0 Å². The van der Waals surface area contributed by atoms with Crippen molar-refractivity contribution in [3.8, 4) is 5.88 Å². The summed E-state index contributed by atoms with van der Waals surface area (Å²) in [5.74, 6) is -2.51. The first-order chi connectivity index (χ1) is 11.8. The van der Waals surface area contributed by atoms with Crippen molar-refractivity contribution in [1.29, 1.82) is 0 Å². The van der Waals surface area contributed by atoms with Crippen LogP contribution in [0.5, 0.6) is 5.88 Å². The molecule has 1 aliphatic rings. The summed E-state index contributed by atoms with van der Waals surface area (Å²) in [6.07, 6.45) is 0.194. The highest BCUT2D eigenvalue weighted by Crippen LogP contribution is 2.24. The summed E-state index contributed by atoms with van der Waals surface area (Å²) >= 11 is 0. The maximum absolute atomic E-state index is 12.3. The molecule has 2 atom stereocenters. The minimum Gasteiger partial charge on any atom is -0.481 e. The number of amides is 1. The highest BCUT2D eigenvalue weighted by molar-refractivity contribution is 5.94. The van der Waals surface area contributed by atoms with Crippen molar-refractivity contribution in [3.63, 3.8) is 0 Å². The lowest BCUT2D eigenvalue weighted by molar-refractivity contribution is -0.154. The number of halogens is 3. The molecule has 9 heteroatoms. The number of alkyl halides is 3. The molecule has 2 rings (SSSR count). The summed E-state index contributed by atoms with van der Waals surface area (Å²) in [6, 6.07) is 1.93. The second kappa shape index (κ2) is 8.17. The molecule has 1 fully saturated rings. The molecule has 0 radical (unpaired) electrons. The van der Waals surface area contributed by atoms with Gasteiger partial charge in [-0.25, -0.2) is 4.98 Å². The van der Waals surface area contributed by atoms with Crippen molar-refractivity contribution >= 4 is 11.9 Å². The molecule has 0 aromatic carbocycles. The summed E-state index contributed by atoms with van der Waals surface area (Å²) < 4.78 is 41.1. The van der Waals surface area contributed by atoms with E-state index in [1.54, 1.807) is 0 Å². The Bertz CT molecular complexity index is 622. The van der Waals surface area contributed by atoms with Crippen molar-refractivity contribution in [3.05, 3.63) is 23.9 Å². The maximum Gasteiger partial charge on any atom is 0.422 e. The number of nitrogens with zero attached hydrogens (tertiary/aromatic N) is 1. The van der Waals surface area contributed by atoms with E-state index in [2.05, 4.69) is 15.0 Å². The second-order valence-electron chi connectivity index (χ2n) is 5.95. The van der Waals surface area contributed by atoms with Crippen LogP contribution in [0.1, 0.15) is 42.5 Å². The third kappa shape index (κ3) is 5.91. The van der Waals surface area contributed by atoms with Crippen LogP contribution in [0.15, 0.2) is 18.3 Å². The second-order valence-corrected chi connectivity index (χ2v) is 5.95.